The maximum Gasteiger partial charge on any atom is 0.227 e. The van der Waals surface area contributed by atoms with Gasteiger partial charge in [-0.25, -0.2) is 15.0 Å². The Morgan fingerprint density at radius 2 is 1.79 bits per heavy atom. The fourth-order valence-corrected chi connectivity index (χ4v) is 3.62. The second kappa shape index (κ2) is 6.20. The molecule has 8 heteroatoms. The SMILES string of the molecule is CN(C)c1ccnc(N2CCN(c3ncnc4sccc34)CC2)n1. The molecule has 1 saturated heterocycles. The van der Waals surface area contributed by atoms with Crippen LogP contribution in [0.1, 0.15) is 0 Å². The van der Waals surface area contributed by atoms with Gasteiger partial charge in [-0.3, -0.25) is 0 Å². The number of rotatable bonds is 3. The second-order valence-corrected chi connectivity index (χ2v) is 6.81. The van der Waals surface area contributed by atoms with Gasteiger partial charge in [-0.15, -0.1) is 11.3 Å². The molecule has 0 bridgehead atoms. The van der Waals surface area contributed by atoms with Gasteiger partial charge in [0, 0.05) is 46.5 Å². The molecule has 124 valence electrons. The van der Waals surface area contributed by atoms with Crippen LogP contribution >= 0.6 is 11.3 Å². The fraction of sp³-hybridized carbons (Fsp3) is 0.375. The van der Waals surface area contributed by atoms with Crippen molar-refractivity contribution in [2.24, 2.45) is 0 Å². The summed E-state index contributed by atoms with van der Waals surface area (Å²) in [5.74, 6) is 2.76. The van der Waals surface area contributed by atoms with Crippen LogP contribution in [-0.2, 0) is 0 Å². The zero-order chi connectivity index (χ0) is 16.5. The Hall–Kier alpha value is -2.48. The molecule has 0 saturated carbocycles. The van der Waals surface area contributed by atoms with Crippen LogP contribution in [0.2, 0.25) is 0 Å². The summed E-state index contributed by atoms with van der Waals surface area (Å²) in [7, 11) is 3.98. The van der Waals surface area contributed by atoms with Crippen LogP contribution < -0.4 is 14.7 Å². The predicted molar refractivity (Wildman–Crippen MR) is 98.2 cm³/mol. The Labute approximate surface area is 144 Å². The molecule has 0 atom stereocenters. The Kier molecular flexibility index (Phi) is 3.89. The molecule has 1 aliphatic heterocycles. The highest BCUT2D eigenvalue weighted by molar-refractivity contribution is 7.16. The summed E-state index contributed by atoms with van der Waals surface area (Å²) < 4.78 is 0. The van der Waals surface area contributed by atoms with Crippen LogP contribution in [-0.4, -0.2) is 60.2 Å². The normalized spacial score (nSPS) is 15.1. The lowest BCUT2D eigenvalue weighted by Gasteiger charge is -2.35. The molecular formula is C16H19N7S. The van der Waals surface area contributed by atoms with E-state index in [2.05, 4.69) is 41.2 Å². The first-order chi connectivity index (χ1) is 11.7. The van der Waals surface area contributed by atoms with Gasteiger partial charge in [-0.1, -0.05) is 0 Å². The van der Waals surface area contributed by atoms with Crippen molar-refractivity contribution in [1.29, 1.82) is 0 Å². The van der Waals surface area contributed by atoms with Gasteiger partial charge in [0.25, 0.3) is 0 Å². The van der Waals surface area contributed by atoms with E-state index < -0.39 is 0 Å². The van der Waals surface area contributed by atoms with E-state index in [1.807, 2.05) is 31.3 Å². The summed E-state index contributed by atoms with van der Waals surface area (Å²) in [5, 5.41) is 3.21. The summed E-state index contributed by atoms with van der Waals surface area (Å²) in [6, 6.07) is 4.03. The first-order valence-corrected chi connectivity index (χ1v) is 8.79. The fourth-order valence-electron chi connectivity index (χ4n) is 2.89. The van der Waals surface area contributed by atoms with E-state index in [-0.39, 0.29) is 0 Å². The van der Waals surface area contributed by atoms with E-state index in [4.69, 9.17) is 0 Å². The van der Waals surface area contributed by atoms with E-state index in [1.54, 1.807) is 17.7 Å². The van der Waals surface area contributed by atoms with Gasteiger partial charge in [-0.05, 0) is 17.5 Å². The number of fused-ring (bicyclic) bond motifs is 1. The smallest absolute Gasteiger partial charge is 0.227 e. The van der Waals surface area contributed by atoms with Crippen molar-refractivity contribution in [3.63, 3.8) is 0 Å². The van der Waals surface area contributed by atoms with Crippen LogP contribution in [0.25, 0.3) is 10.2 Å². The molecule has 0 unspecified atom stereocenters. The first-order valence-electron chi connectivity index (χ1n) is 7.91. The lowest BCUT2D eigenvalue weighted by molar-refractivity contribution is 0.636. The summed E-state index contributed by atoms with van der Waals surface area (Å²) in [4.78, 5) is 25.5. The van der Waals surface area contributed by atoms with Gasteiger partial charge in [0.05, 0.1) is 5.39 Å². The molecule has 1 aliphatic rings. The van der Waals surface area contributed by atoms with Crippen LogP contribution in [0.3, 0.4) is 0 Å². The molecule has 0 spiro atoms. The molecule has 7 nitrogen and oxygen atoms in total. The number of aromatic nitrogens is 4. The maximum atomic E-state index is 4.63. The number of hydrogen-bond donors (Lipinski definition) is 0. The van der Waals surface area contributed by atoms with Crippen molar-refractivity contribution in [3.8, 4) is 0 Å². The summed E-state index contributed by atoms with van der Waals surface area (Å²) in [6.07, 6.45) is 3.48. The lowest BCUT2D eigenvalue weighted by atomic mass is 10.3. The summed E-state index contributed by atoms with van der Waals surface area (Å²) in [5.41, 5.74) is 0. The average molecular weight is 341 g/mol. The van der Waals surface area contributed by atoms with E-state index in [0.717, 1.165) is 54.0 Å². The minimum atomic E-state index is 0.796. The predicted octanol–water partition coefficient (Wildman–Crippen LogP) is 1.87. The third-order valence-electron chi connectivity index (χ3n) is 4.19. The molecule has 1 fully saturated rings. The van der Waals surface area contributed by atoms with Crippen LogP contribution in [0.15, 0.2) is 30.0 Å². The van der Waals surface area contributed by atoms with Gasteiger partial charge >= 0.3 is 0 Å². The van der Waals surface area contributed by atoms with E-state index in [1.165, 1.54) is 0 Å². The Morgan fingerprint density at radius 1 is 1.00 bits per heavy atom. The Morgan fingerprint density at radius 3 is 2.58 bits per heavy atom. The zero-order valence-electron chi connectivity index (χ0n) is 13.8. The van der Waals surface area contributed by atoms with Gasteiger partial charge in [0.2, 0.25) is 5.95 Å². The molecule has 0 aliphatic carbocycles. The highest BCUT2D eigenvalue weighted by atomic mass is 32.1. The number of hydrogen-bond acceptors (Lipinski definition) is 8. The molecule has 0 radical (unpaired) electrons. The van der Waals surface area contributed by atoms with Crippen LogP contribution in [0.4, 0.5) is 17.6 Å². The highest BCUT2D eigenvalue weighted by Gasteiger charge is 2.22. The Balaban J connectivity index is 1.51. The molecule has 3 aromatic rings. The molecule has 0 aromatic carbocycles. The third kappa shape index (κ3) is 2.73. The molecule has 24 heavy (non-hydrogen) atoms. The first kappa shape index (κ1) is 15.1. The molecule has 0 amide bonds. The number of anilines is 3. The number of nitrogens with zero attached hydrogens (tertiary/aromatic N) is 7. The Bertz CT molecular complexity index is 839. The zero-order valence-corrected chi connectivity index (χ0v) is 14.6. The minimum absolute atomic E-state index is 0.796. The third-order valence-corrected chi connectivity index (χ3v) is 5.01. The van der Waals surface area contributed by atoms with Gasteiger partial charge in [0.15, 0.2) is 0 Å². The van der Waals surface area contributed by atoms with Gasteiger partial charge in [-0.2, -0.15) is 4.98 Å². The maximum absolute atomic E-state index is 4.63. The molecular weight excluding hydrogens is 322 g/mol. The van der Waals surface area contributed by atoms with Crippen molar-refractivity contribution in [1.82, 2.24) is 19.9 Å². The van der Waals surface area contributed by atoms with Crippen molar-refractivity contribution in [3.05, 3.63) is 30.0 Å². The topological polar surface area (TPSA) is 61.3 Å². The van der Waals surface area contributed by atoms with Crippen molar-refractivity contribution < 1.29 is 0 Å². The lowest BCUT2D eigenvalue weighted by Crippen LogP contribution is -2.47. The van der Waals surface area contributed by atoms with Crippen LogP contribution in [0, 0.1) is 0 Å². The average Bonchev–Trinajstić information content (AvgIpc) is 3.11. The molecule has 4 heterocycles. The van der Waals surface area contributed by atoms with E-state index in [0.29, 0.717) is 0 Å². The molecule has 4 rings (SSSR count). The van der Waals surface area contributed by atoms with Gasteiger partial charge < -0.3 is 14.7 Å². The largest absolute Gasteiger partial charge is 0.363 e. The quantitative estimate of drug-likeness (QED) is 0.721. The minimum Gasteiger partial charge on any atom is -0.363 e. The summed E-state index contributed by atoms with van der Waals surface area (Å²) >= 11 is 1.65. The number of thiophene rings is 1. The standard InChI is InChI=1S/C16H19N7S/c1-21(2)13-3-5-17-16(20-13)23-8-6-22(7-9-23)14-12-4-10-24-15(12)19-11-18-14/h3-5,10-11H,6-9H2,1-2H3. The van der Waals surface area contributed by atoms with E-state index in [9.17, 15) is 0 Å². The molecule has 3 aromatic heterocycles. The van der Waals surface area contributed by atoms with E-state index >= 15 is 0 Å². The number of piperazine rings is 1. The molecule has 0 N–H and O–H groups in total. The van der Waals surface area contributed by atoms with Crippen molar-refractivity contribution in [2.75, 3.05) is 55.0 Å². The summed E-state index contributed by atoms with van der Waals surface area (Å²) in [6.45, 7) is 3.56. The van der Waals surface area contributed by atoms with Crippen molar-refractivity contribution >= 4 is 39.1 Å². The van der Waals surface area contributed by atoms with Crippen molar-refractivity contribution in [2.45, 2.75) is 0 Å². The highest BCUT2D eigenvalue weighted by Crippen LogP contribution is 2.27. The van der Waals surface area contributed by atoms with Gasteiger partial charge in [0.1, 0.15) is 22.8 Å². The monoisotopic (exact) mass is 341 g/mol. The second-order valence-electron chi connectivity index (χ2n) is 5.92. The van der Waals surface area contributed by atoms with Crippen LogP contribution in [0.5, 0.6) is 0 Å².